The molecule has 0 aliphatic heterocycles. The summed E-state index contributed by atoms with van der Waals surface area (Å²) in [5, 5.41) is 9.12. The molecule has 2 heteroatoms. The Morgan fingerprint density at radius 3 is 2.93 bits per heavy atom. The van der Waals surface area contributed by atoms with Crippen LogP contribution in [0.2, 0.25) is 0 Å². The minimum Gasteiger partial charge on any atom is -0.507 e. The fourth-order valence-corrected chi connectivity index (χ4v) is 1.24. The molecule has 1 aromatic carbocycles. The maximum atomic E-state index is 9.12. The molecule has 0 aliphatic carbocycles. The Bertz CT molecular complexity index is 258. The lowest BCUT2D eigenvalue weighted by molar-refractivity contribution is 0.303. The Labute approximate surface area is 85.5 Å². The van der Waals surface area contributed by atoms with E-state index in [2.05, 4.69) is 13.0 Å². The van der Waals surface area contributed by atoms with Gasteiger partial charge in [0.25, 0.3) is 0 Å². The van der Waals surface area contributed by atoms with E-state index in [1.165, 1.54) is 19.3 Å². The summed E-state index contributed by atoms with van der Waals surface area (Å²) in [7, 11) is 0. The van der Waals surface area contributed by atoms with Crippen LogP contribution in [0.15, 0.2) is 18.2 Å². The van der Waals surface area contributed by atoms with Crippen molar-refractivity contribution in [3.05, 3.63) is 24.3 Å². The zero-order valence-electron chi connectivity index (χ0n) is 8.62. The monoisotopic (exact) mass is 193 g/mol. The lowest BCUT2D eigenvalue weighted by Gasteiger charge is -2.05. The van der Waals surface area contributed by atoms with Crippen LogP contribution in [0.25, 0.3) is 0 Å². The van der Waals surface area contributed by atoms with Gasteiger partial charge in [-0.2, -0.15) is 0 Å². The van der Waals surface area contributed by atoms with Crippen molar-refractivity contribution >= 4 is 0 Å². The first-order chi connectivity index (χ1) is 6.83. The maximum absolute atomic E-state index is 9.12. The normalized spacial score (nSPS) is 10.1. The van der Waals surface area contributed by atoms with Crippen molar-refractivity contribution in [1.29, 1.82) is 0 Å². The number of benzene rings is 1. The van der Waals surface area contributed by atoms with Gasteiger partial charge >= 0.3 is 0 Å². The number of unbranched alkanes of at least 4 members (excludes halogenated alkanes) is 3. The molecule has 0 saturated carbocycles. The lowest BCUT2D eigenvalue weighted by atomic mass is 10.2. The molecule has 0 aromatic heterocycles. The molecule has 77 valence electrons. The first-order valence-electron chi connectivity index (χ1n) is 5.16. The van der Waals surface area contributed by atoms with Crippen LogP contribution in [-0.2, 0) is 0 Å². The molecule has 0 aliphatic rings. The first-order valence-corrected chi connectivity index (χ1v) is 5.16. The third-order valence-corrected chi connectivity index (χ3v) is 2.02. The summed E-state index contributed by atoms with van der Waals surface area (Å²) >= 11 is 0. The van der Waals surface area contributed by atoms with Gasteiger partial charge in [-0.15, -0.1) is 0 Å². The average molecular weight is 193 g/mol. The number of phenols is 1. The standard InChI is InChI=1S/C12H17O2/c1-2-3-4-5-9-14-12-8-6-7-11(13)10-12/h6,8,10,13H,2-5,9H2,1H3. The van der Waals surface area contributed by atoms with Crippen molar-refractivity contribution in [2.24, 2.45) is 0 Å². The highest BCUT2D eigenvalue weighted by Crippen LogP contribution is 2.17. The van der Waals surface area contributed by atoms with Gasteiger partial charge in [-0.05, 0) is 18.6 Å². The van der Waals surface area contributed by atoms with Gasteiger partial charge in [-0.3, -0.25) is 0 Å². The highest BCUT2D eigenvalue weighted by molar-refractivity contribution is 5.30. The Morgan fingerprint density at radius 2 is 2.21 bits per heavy atom. The largest absolute Gasteiger partial charge is 0.507 e. The summed E-state index contributed by atoms with van der Waals surface area (Å²) in [5.74, 6) is 0.855. The summed E-state index contributed by atoms with van der Waals surface area (Å²) in [6.45, 7) is 2.91. The van der Waals surface area contributed by atoms with Gasteiger partial charge in [0.1, 0.15) is 11.5 Å². The van der Waals surface area contributed by atoms with Crippen molar-refractivity contribution in [2.75, 3.05) is 6.61 Å². The van der Waals surface area contributed by atoms with Gasteiger partial charge in [0, 0.05) is 12.1 Å². The highest BCUT2D eigenvalue weighted by Gasteiger charge is 1.94. The second kappa shape index (κ2) is 6.30. The van der Waals surface area contributed by atoms with Crippen LogP contribution in [0.1, 0.15) is 32.6 Å². The van der Waals surface area contributed by atoms with E-state index in [1.54, 1.807) is 18.2 Å². The number of hydrogen-bond donors (Lipinski definition) is 1. The van der Waals surface area contributed by atoms with Gasteiger partial charge in [0.05, 0.1) is 6.61 Å². The van der Waals surface area contributed by atoms with Crippen molar-refractivity contribution < 1.29 is 9.84 Å². The molecule has 1 aromatic rings. The smallest absolute Gasteiger partial charge is 0.127 e. The number of aromatic hydroxyl groups is 1. The van der Waals surface area contributed by atoms with E-state index in [9.17, 15) is 0 Å². The molecule has 1 radical (unpaired) electrons. The zero-order valence-corrected chi connectivity index (χ0v) is 8.62. The summed E-state index contributed by atoms with van der Waals surface area (Å²) in [4.78, 5) is 0. The average Bonchev–Trinajstić information content (AvgIpc) is 2.18. The zero-order chi connectivity index (χ0) is 10.2. The molecule has 0 heterocycles. The van der Waals surface area contributed by atoms with Crippen molar-refractivity contribution in [2.45, 2.75) is 32.6 Å². The van der Waals surface area contributed by atoms with E-state index in [-0.39, 0.29) is 5.75 Å². The fourth-order valence-electron chi connectivity index (χ4n) is 1.24. The Hall–Kier alpha value is -1.18. The number of rotatable bonds is 6. The van der Waals surface area contributed by atoms with Crippen LogP contribution < -0.4 is 4.74 Å². The molecule has 0 spiro atoms. The van der Waals surface area contributed by atoms with Crippen molar-refractivity contribution in [1.82, 2.24) is 0 Å². The highest BCUT2D eigenvalue weighted by atomic mass is 16.5. The van der Waals surface area contributed by atoms with Crippen molar-refractivity contribution in [3.63, 3.8) is 0 Å². The van der Waals surface area contributed by atoms with E-state index in [4.69, 9.17) is 9.84 Å². The van der Waals surface area contributed by atoms with Gasteiger partial charge in [-0.25, -0.2) is 0 Å². The molecule has 1 rings (SSSR count). The predicted molar refractivity (Wildman–Crippen MR) is 56.6 cm³/mol. The minimum atomic E-state index is 0.135. The minimum absolute atomic E-state index is 0.135. The Kier molecular flexibility index (Phi) is 4.90. The summed E-state index contributed by atoms with van der Waals surface area (Å²) in [5.41, 5.74) is 0. The quantitative estimate of drug-likeness (QED) is 0.703. The van der Waals surface area contributed by atoms with Gasteiger partial charge < -0.3 is 9.84 Å². The van der Waals surface area contributed by atoms with Gasteiger partial charge in [0.2, 0.25) is 0 Å². The molecule has 1 N–H and O–H groups in total. The molecule has 2 nitrogen and oxygen atoms in total. The van der Waals surface area contributed by atoms with Crippen LogP contribution in [0.4, 0.5) is 0 Å². The maximum Gasteiger partial charge on any atom is 0.127 e. The van der Waals surface area contributed by atoms with E-state index in [0.29, 0.717) is 0 Å². The van der Waals surface area contributed by atoms with E-state index in [0.717, 1.165) is 18.8 Å². The van der Waals surface area contributed by atoms with Gasteiger partial charge in [-0.1, -0.05) is 26.2 Å². The third-order valence-electron chi connectivity index (χ3n) is 2.02. The summed E-state index contributed by atoms with van der Waals surface area (Å²) in [6.07, 6.45) is 4.78. The molecule has 0 fully saturated rings. The summed E-state index contributed by atoms with van der Waals surface area (Å²) < 4.78 is 5.45. The van der Waals surface area contributed by atoms with Crippen LogP contribution in [0, 0.1) is 6.07 Å². The SMILES string of the molecule is CCCCCCOc1cc[c]c(O)c1. The van der Waals surface area contributed by atoms with Gasteiger partial charge in [0.15, 0.2) is 0 Å². The molecule has 0 saturated heterocycles. The van der Waals surface area contributed by atoms with E-state index < -0.39 is 0 Å². The van der Waals surface area contributed by atoms with Crippen LogP contribution >= 0.6 is 0 Å². The topological polar surface area (TPSA) is 29.5 Å². The molecule has 0 unspecified atom stereocenters. The number of hydrogen-bond acceptors (Lipinski definition) is 2. The van der Waals surface area contributed by atoms with Crippen LogP contribution in [0.3, 0.4) is 0 Å². The second-order valence-corrected chi connectivity index (χ2v) is 3.32. The van der Waals surface area contributed by atoms with Crippen LogP contribution in [-0.4, -0.2) is 11.7 Å². The van der Waals surface area contributed by atoms with Crippen LogP contribution in [0.5, 0.6) is 11.5 Å². The fraction of sp³-hybridized carbons (Fsp3) is 0.500. The molecule has 14 heavy (non-hydrogen) atoms. The second-order valence-electron chi connectivity index (χ2n) is 3.32. The molecule has 0 amide bonds. The molecule has 0 bridgehead atoms. The predicted octanol–water partition coefficient (Wildman–Crippen LogP) is 3.15. The Balaban J connectivity index is 2.18. The number of phenolic OH excluding ortho intramolecular Hbond substituents is 1. The molecular formula is C12H17O2. The van der Waals surface area contributed by atoms with E-state index in [1.807, 2.05) is 0 Å². The third kappa shape index (κ3) is 4.17. The summed E-state index contributed by atoms with van der Waals surface area (Å²) in [6, 6.07) is 7.71. The Morgan fingerprint density at radius 1 is 1.36 bits per heavy atom. The van der Waals surface area contributed by atoms with Crippen molar-refractivity contribution in [3.8, 4) is 11.5 Å². The first kappa shape index (κ1) is 10.9. The lowest BCUT2D eigenvalue weighted by Crippen LogP contribution is -1.96. The van der Waals surface area contributed by atoms with E-state index >= 15 is 0 Å². The molecule has 0 atom stereocenters. The molecular weight excluding hydrogens is 176 g/mol. The number of ether oxygens (including phenoxy) is 1.